The van der Waals surface area contributed by atoms with Gasteiger partial charge in [0.05, 0.1) is 0 Å². The molecule has 0 saturated carbocycles. The number of nitrogens with two attached hydrogens (primary N) is 1. The molecule has 0 bridgehead atoms. The Labute approximate surface area is 170 Å². The van der Waals surface area contributed by atoms with E-state index in [1.54, 1.807) is 4.90 Å². The Morgan fingerprint density at radius 1 is 1.17 bits per heavy atom. The monoisotopic (exact) mass is 418 g/mol. The van der Waals surface area contributed by atoms with Gasteiger partial charge in [-0.3, -0.25) is 4.40 Å². The van der Waals surface area contributed by atoms with Gasteiger partial charge < -0.3 is 16.0 Å². The molecule has 2 amide bonds. The van der Waals surface area contributed by atoms with Crippen molar-refractivity contribution in [3.8, 4) is 0 Å². The van der Waals surface area contributed by atoms with E-state index in [0.717, 1.165) is 11.8 Å². The van der Waals surface area contributed by atoms with Gasteiger partial charge in [0, 0.05) is 37.4 Å². The quantitative estimate of drug-likeness (QED) is 0.681. The van der Waals surface area contributed by atoms with Crippen LogP contribution in [0.3, 0.4) is 0 Å². The summed E-state index contributed by atoms with van der Waals surface area (Å²) in [5, 5.41) is 3.22. The fourth-order valence-corrected chi connectivity index (χ4v) is 3.95. The minimum Gasteiger partial charge on any atom is -0.354 e. The van der Waals surface area contributed by atoms with Crippen LogP contribution in [0.1, 0.15) is 24.1 Å². The Morgan fingerprint density at radius 2 is 1.87 bits per heavy atom. The zero-order chi connectivity index (χ0) is 21.4. The predicted molar refractivity (Wildman–Crippen MR) is 105 cm³/mol. The molecule has 30 heavy (non-hydrogen) atoms. The number of halogens is 3. The number of alkyl halides is 3. The summed E-state index contributed by atoms with van der Waals surface area (Å²) in [6, 6.07) is 10.8. The van der Waals surface area contributed by atoms with Gasteiger partial charge in [-0.15, -0.1) is 0 Å². The summed E-state index contributed by atoms with van der Waals surface area (Å²) in [5.74, 6) is 0.281. The van der Waals surface area contributed by atoms with Gasteiger partial charge >= 0.3 is 12.2 Å². The van der Waals surface area contributed by atoms with Crippen LogP contribution in [-0.2, 0) is 11.6 Å². The zero-order valence-electron chi connectivity index (χ0n) is 16.1. The first-order chi connectivity index (χ1) is 14.3. The summed E-state index contributed by atoms with van der Waals surface area (Å²) in [5.41, 5.74) is 5.39. The van der Waals surface area contributed by atoms with Crippen molar-refractivity contribution in [2.75, 3.05) is 25.0 Å². The van der Waals surface area contributed by atoms with Gasteiger partial charge in [-0.25, -0.2) is 14.8 Å². The van der Waals surface area contributed by atoms with Gasteiger partial charge in [0.2, 0.25) is 5.95 Å². The molecule has 1 saturated heterocycles. The predicted octanol–water partition coefficient (Wildman–Crippen LogP) is 3.27. The number of nitrogens with zero attached hydrogens (tertiary/aromatic N) is 4. The van der Waals surface area contributed by atoms with Crippen LogP contribution in [0.4, 0.5) is 23.9 Å². The molecule has 3 heterocycles. The third kappa shape index (κ3) is 3.77. The molecule has 0 radical (unpaired) electrons. The normalized spacial score (nSPS) is 16.6. The zero-order valence-corrected chi connectivity index (χ0v) is 16.1. The molecule has 1 aromatic carbocycles. The minimum absolute atomic E-state index is 0.164. The maximum absolute atomic E-state index is 13.1. The lowest BCUT2D eigenvalue weighted by Crippen LogP contribution is -2.49. The van der Waals surface area contributed by atoms with Crippen LogP contribution < -0.4 is 11.1 Å². The highest BCUT2D eigenvalue weighted by Crippen LogP contribution is 2.36. The number of urea groups is 1. The third-order valence-electron chi connectivity index (χ3n) is 5.68. The van der Waals surface area contributed by atoms with E-state index >= 15 is 0 Å². The summed E-state index contributed by atoms with van der Waals surface area (Å²) in [6.45, 7) is 1.45. The van der Waals surface area contributed by atoms with E-state index < -0.39 is 17.9 Å². The van der Waals surface area contributed by atoms with E-state index in [1.165, 1.54) is 16.7 Å². The number of benzene rings is 1. The van der Waals surface area contributed by atoms with Gasteiger partial charge in [0.25, 0.3) is 0 Å². The summed E-state index contributed by atoms with van der Waals surface area (Å²) in [4.78, 5) is 21.0. The van der Waals surface area contributed by atoms with E-state index in [1.807, 2.05) is 30.3 Å². The largest absolute Gasteiger partial charge is 0.434 e. The van der Waals surface area contributed by atoms with Gasteiger partial charge in [-0.05, 0) is 24.5 Å². The van der Waals surface area contributed by atoms with Crippen molar-refractivity contribution >= 4 is 17.6 Å². The van der Waals surface area contributed by atoms with E-state index in [4.69, 9.17) is 5.73 Å². The lowest BCUT2D eigenvalue weighted by Gasteiger charge is -2.42. The number of aromatic nitrogens is 3. The number of anilines is 1. The van der Waals surface area contributed by atoms with Crippen molar-refractivity contribution in [3.05, 3.63) is 60.0 Å². The van der Waals surface area contributed by atoms with Crippen LogP contribution in [0.5, 0.6) is 0 Å². The number of fused-ring (bicyclic) bond motifs is 1. The van der Waals surface area contributed by atoms with Crippen LogP contribution in [-0.4, -0.2) is 44.9 Å². The number of amides is 2. The fraction of sp³-hybridized carbons (Fsp3) is 0.350. The number of nitrogens with one attached hydrogen (secondary N) is 1. The average Bonchev–Trinajstić information content (AvgIpc) is 3.19. The topological polar surface area (TPSA) is 88.5 Å². The van der Waals surface area contributed by atoms with E-state index in [-0.39, 0.29) is 17.0 Å². The first kappa shape index (κ1) is 20.0. The van der Waals surface area contributed by atoms with Crippen molar-refractivity contribution < 1.29 is 18.0 Å². The van der Waals surface area contributed by atoms with E-state index in [2.05, 4.69) is 15.3 Å². The lowest BCUT2D eigenvalue weighted by molar-refractivity contribution is -0.140. The molecule has 0 atom stereocenters. The molecular weight excluding hydrogens is 397 g/mol. The van der Waals surface area contributed by atoms with Gasteiger partial charge in [0.15, 0.2) is 5.69 Å². The SMILES string of the molecule is NC(=O)N1CCC(CNc2nccc3nc(C(F)(F)F)cn23)(c2ccccc2)CC1. The fourth-order valence-electron chi connectivity index (χ4n) is 3.95. The van der Waals surface area contributed by atoms with Crippen molar-refractivity contribution in [1.82, 2.24) is 19.3 Å². The number of imidazole rings is 1. The number of primary amides is 1. The molecule has 0 aliphatic carbocycles. The van der Waals surface area contributed by atoms with Crippen molar-refractivity contribution in [2.24, 2.45) is 5.73 Å². The minimum atomic E-state index is -4.53. The number of hydrogen-bond donors (Lipinski definition) is 2. The first-order valence-corrected chi connectivity index (χ1v) is 9.54. The van der Waals surface area contributed by atoms with Crippen molar-refractivity contribution in [2.45, 2.75) is 24.4 Å². The van der Waals surface area contributed by atoms with Crippen LogP contribution in [0, 0.1) is 0 Å². The van der Waals surface area contributed by atoms with Gasteiger partial charge in [0.1, 0.15) is 5.65 Å². The molecule has 3 N–H and O–H groups in total. The Kier molecular flexibility index (Phi) is 5.00. The summed E-state index contributed by atoms with van der Waals surface area (Å²) >= 11 is 0. The van der Waals surface area contributed by atoms with Crippen molar-refractivity contribution in [3.63, 3.8) is 0 Å². The number of carbonyl (C=O) groups is 1. The third-order valence-corrected chi connectivity index (χ3v) is 5.68. The van der Waals surface area contributed by atoms with Gasteiger partial charge in [-0.2, -0.15) is 13.2 Å². The molecule has 4 rings (SSSR count). The first-order valence-electron chi connectivity index (χ1n) is 9.54. The molecule has 2 aromatic heterocycles. The molecule has 1 aliphatic heterocycles. The van der Waals surface area contributed by atoms with Crippen LogP contribution in [0.25, 0.3) is 5.65 Å². The second-order valence-corrected chi connectivity index (χ2v) is 7.45. The molecular formula is C20H21F3N6O. The van der Waals surface area contributed by atoms with Crippen LogP contribution in [0.15, 0.2) is 48.8 Å². The molecule has 0 spiro atoms. The van der Waals surface area contributed by atoms with Crippen LogP contribution in [0.2, 0.25) is 0 Å². The summed E-state index contributed by atoms with van der Waals surface area (Å²) in [7, 11) is 0. The second-order valence-electron chi connectivity index (χ2n) is 7.45. The number of rotatable bonds is 4. The average molecular weight is 418 g/mol. The number of piperidine rings is 1. The number of likely N-dealkylation sites (tertiary alicyclic amines) is 1. The summed E-state index contributed by atoms with van der Waals surface area (Å²) in [6.07, 6.45) is -0.831. The Hall–Kier alpha value is -3.30. The molecule has 0 unspecified atom stereocenters. The molecule has 1 aliphatic rings. The van der Waals surface area contributed by atoms with E-state index in [0.29, 0.717) is 32.5 Å². The molecule has 7 nitrogen and oxygen atoms in total. The Morgan fingerprint density at radius 3 is 2.50 bits per heavy atom. The highest BCUT2D eigenvalue weighted by molar-refractivity contribution is 5.72. The molecule has 1 fully saturated rings. The molecule has 10 heteroatoms. The van der Waals surface area contributed by atoms with Crippen molar-refractivity contribution in [1.29, 1.82) is 0 Å². The van der Waals surface area contributed by atoms with E-state index in [9.17, 15) is 18.0 Å². The molecule has 158 valence electrons. The molecule has 3 aromatic rings. The summed E-state index contributed by atoms with van der Waals surface area (Å²) < 4.78 is 40.5. The maximum Gasteiger partial charge on any atom is 0.434 e. The number of hydrogen-bond acceptors (Lipinski definition) is 4. The number of carbonyl (C=O) groups excluding carboxylic acids is 1. The highest BCUT2D eigenvalue weighted by Gasteiger charge is 2.38. The second kappa shape index (κ2) is 7.51. The Bertz CT molecular complexity index is 1040. The van der Waals surface area contributed by atoms with Crippen LogP contribution >= 0.6 is 0 Å². The highest BCUT2D eigenvalue weighted by atomic mass is 19.4. The smallest absolute Gasteiger partial charge is 0.354 e. The lowest BCUT2D eigenvalue weighted by atomic mass is 9.72. The maximum atomic E-state index is 13.1. The van der Waals surface area contributed by atoms with Gasteiger partial charge in [-0.1, -0.05) is 30.3 Å². The Balaban J connectivity index is 1.62. The standard InChI is InChI=1S/C20H21F3N6O/c21-20(22,23)15-12-29-16(27-15)6-9-25-18(29)26-13-19(14-4-2-1-3-5-14)7-10-28(11-8-19)17(24)30/h1-6,9,12H,7-8,10-11,13H2,(H2,24,30)(H,25,26).